The number of carbonyl (C=O) groups excluding carboxylic acids is 1. The summed E-state index contributed by atoms with van der Waals surface area (Å²) in [7, 11) is 2.13. The molecule has 0 bridgehead atoms. The number of rotatable bonds is 11. The maximum absolute atomic E-state index is 11.3. The molecule has 0 radical (unpaired) electrons. The maximum atomic E-state index is 11.3. The number of benzene rings is 3. The molecule has 3 aromatic carbocycles. The molecule has 1 aliphatic carbocycles. The Balaban J connectivity index is 0.00000370. The third kappa shape index (κ3) is 8.51. The van der Waals surface area contributed by atoms with E-state index in [0.717, 1.165) is 40.0 Å². The summed E-state index contributed by atoms with van der Waals surface area (Å²) < 4.78 is 0. The first kappa shape index (κ1) is 30.5. The number of hydrogen-bond acceptors (Lipinski definition) is 6. The van der Waals surface area contributed by atoms with Gasteiger partial charge in [-0.2, -0.15) is 0 Å². The van der Waals surface area contributed by atoms with Crippen molar-refractivity contribution in [2.24, 2.45) is 0 Å². The number of aliphatic carboxylic acids is 1. The summed E-state index contributed by atoms with van der Waals surface area (Å²) in [6.07, 6.45) is 6.78. The Hall–Kier alpha value is -2.48. The molecule has 5 nitrogen and oxygen atoms in total. The molecule has 7 heteroatoms. The molecular weight excluding hydrogens is 525 g/mol. The minimum atomic E-state index is -1.08. The smallest absolute Gasteiger partial charge is 0.549 e. The molecule has 1 heterocycles. The summed E-state index contributed by atoms with van der Waals surface area (Å²) in [4.78, 5) is 20.3. The van der Waals surface area contributed by atoms with E-state index in [0.29, 0.717) is 13.1 Å². The topological polar surface area (TPSA) is 59.5 Å². The van der Waals surface area contributed by atoms with Crippen LogP contribution in [0.25, 0.3) is 11.3 Å². The van der Waals surface area contributed by atoms with Gasteiger partial charge in [0.25, 0.3) is 0 Å². The van der Waals surface area contributed by atoms with E-state index in [9.17, 15) is 9.90 Å². The number of carbonyl (C=O) groups is 1. The largest absolute Gasteiger partial charge is 1.00 e. The molecule has 4 aromatic rings. The Kier molecular flexibility index (Phi) is 11.4. The van der Waals surface area contributed by atoms with Crippen molar-refractivity contribution >= 4 is 23.0 Å². The Morgan fingerprint density at radius 1 is 0.875 bits per heavy atom. The van der Waals surface area contributed by atoms with Crippen molar-refractivity contribution in [1.29, 1.82) is 0 Å². The minimum Gasteiger partial charge on any atom is -0.549 e. The number of anilines is 1. The van der Waals surface area contributed by atoms with E-state index in [4.69, 9.17) is 4.98 Å². The van der Waals surface area contributed by atoms with E-state index in [1.807, 2.05) is 40.6 Å². The first-order valence-electron chi connectivity index (χ1n) is 13.8. The van der Waals surface area contributed by atoms with Crippen molar-refractivity contribution < 1.29 is 39.5 Å². The van der Waals surface area contributed by atoms with E-state index in [-0.39, 0.29) is 36.1 Å². The average Bonchev–Trinajstić information content (AvgIpc) is 3.42. The van der Waals surface area contributed by atoms with E-state index in [1.54, 1.807) is 11.3 Å². The van der Waals surface area contributed by atoms with Crippen LogP contribution in [0, 0.1) is 0 Å². The van der Waals surface area contributed by atoms with Crippen molar-refractivity contribution in [3.05, 3.63) is 106 Å². The Bertz CT molecular complexity index is 1340. The molecule has 202 valence electrons. The predicted octanol–water partition coefficient (Wildman–Crippen LogP) is 3.25. The molecule has 0 aliphatic heterocycles. The van der Waals surface area contributed by atoms with Gasteiger partial charge >= 0.3 is 29.6 Å². The zero-order valence-electron chi connectivity index (χ0n) is 23.6. The second-order valence-electron chi connectivity index (χ2n) is 10.6. The summed E-state index contributed by atoms with van der Waals surface area (Å²) in [5.74, 6) is -0.340. The van der Waals surface area contributed by atoms with Gasteiger partial charge in [-0.05, 0) is 47.6 Å². The van der Waals surface area contributed by atoms with Crippen LogP contribution in [0.1, 0.15) is 59.7 Å². The fraction of sp³-hybridized carbons (Fsp3) is 0.333. The van der Waals surface area contributed by atoms with Gasteiger partial charge in [0, 0.05) is 43.3 Å². The third-order valence-corrected chi connectivity index (χ3v) is 8.43. The molecule has 40 heavy (non-hydrogen) atoms. The zero-order valence-corrected chi connectivity index (χ0v) is 26.4. The molecular formula is C33H36N3NaO2S. The average molecular weight is 562 g/mol. The van der Waals surface area contributed by atoms with Gasteiger partial charge in [0.1, 0.15) is 5.01 Å². The zero-order chi connectivity index (χ0) is 27.0. The molecule has 5 rings (SSSR count). The normalized spacial score (nSPS) is 13.7. The number of carboxylic acid groups (broad SMARTS) is 1. The fourth-order valence-corrected chi connectivity index (χ4v) is 6.33. The van der Waals surface area contributed by atoms with E-state index in [2.05, 4.69) is 60.5 Å². The quantitative estimate of drug-likeness (QED) is 0.263. The molecule has 0 spiro atoms. The van der Waals surface area contributed by atoms with Gasteiger partial charge in [-0.15, -0.1) is 11.3 Å². The summed E-state index contributed by atoms with van der Waals surface area (Å²) in [6, 6.07) is 27.6. The second kappa shape index (κ2) is 14.9. The molecule has 0 atom stereocenters. The standard InChI is InChI=1S/C33H37N3O2S.Na/c1-35(20-26-12-14-28(15-13-26)27-10-6-3-7-11-27)30-18-16-29(17-19-30)31-24-39-32(34-31)22-36(23-33(37)38)21-25-8-4-2-5-9-25;/h2,4-5,8-9,12-19,24,27H,3,6-7,10-11,20-23H2,1H3,(H,37,38);/q;+1/p-1. The van der Waals surface area contributed by atoms with Gasteiger partial charge in [0.05, 0.1) is 18.2 Å². The van der Waals surface area contributed by atoms with Crippen LogP contribution >= 0.6 is 11.3 Å². The maximum Gasteiger partial charge on any atom is 1.00 e. The predicted molar refractivity (Wildman–Crippen MR) is 157 cm³/mol. The molecule has 0 unspecified atom stereocenters. The van der Waals surface area contributed by atoms with Crippen molar-refractivity contribution in [2.75, 3.05) is 18.5 Å². The monoisotopic (exact) mass is 561 g/mol. The molecule has 0 N–H and O–H groups in total. The third-order valence-electron chi connectivity index (χ3n) is 7.59. The van der Waals surface area contributed by atoms with Gasteiger partial charge in [-0.3, -0.25) is 4.90 Å². The van der Waals surface area contributed by atoms with E-state index in [1.165, 1.54) is 43.2 Å². The van der Waals surface area contributed by atoms with Crippen molar-refractivity contribution in [3.8, 4) is 11.3 Å². The number of carboxylic acids is 1. The molecule has 1 aromatic heterocycles. The minimum absolute atomic E-state index is 0. The van der Waals surface area contributed by atoms with E-state index < -0.39 is 5.97 Å². The van der Waals surface area contributed by atoms with Crippen LogP contribution in [0.2, 0.25) is 0 Å². The number of hydrogen-bond donors (Lipinski definition) is 0. The number of nitrogens with zero attached hydrogens (tertiary/aromatic N) is 3. The second-order valence-corrected chi connectivity index (χ2v) is 11.6. The van der Waals surface area contributed by atoms with Crippen LogP contribution in [0.3, 0.4) is 0 Å². The Morgan fingerprint density at radius 2 is 1.55 bits per heavy atom. The molecule has 1 aliphatic rings. The van der Waals surface area contributed by atoms with Crippen molar-refractivity contribution in [3.63, 3.8) is 0 Å². The fourth-order valence-electron chi connectivity index (χ4n) is 5.48. The van der Waals surface area contributed by atoms with Gasteiger partial charge in [0.2, 0.25) is 0 Å². The molecule has 1 saturated carbocycles. The van der Waals surface area contributed by atoms with Gasteiger partial charge in [-0.25, -0.2) is 4.98 Å². The van der Waals surface area contributed by atoms with Crippen molar-refractivity contribution in [2.45, 2.75) is 57.7 Å². The summed E-state index contributed by atoms with van der Waals surface area (Å²) >= 11 is 1.56. The Morgan fingerprint density at radius 3 is 2.23 bits per heavy atom. The summed E-state index contributed by atoms with van der Waals surface area (Å²) in [6.45, 7) is 1.73. The van der Waals surface area contributed by atoms with Gasteiger partial charge < -0.3 is 14.8 Å². The van der Waals surface area contributed by atoms with Crippen LogP contribution < -0.4 is 39.6 Å². The molecule has 0 amide bonds. The first-order chi connectivity index (χ1) is 19.0. The van der Waals surface area contributed by atoms with Crippen LogP contribution in [0.5, 0.6) is 0 Å². The SMILES string of the molecule is CN(Cc1ccc(C2CCCCC2)cc1)c1ccc(-c2csc(CN(CC(=O)[O-])Cc3ccccc3)n2)cc1.[Na+]. The first-order valence-corrected chi connectivity index (χ1v) is 14.7. The van der Waals surface area contributed by atoms with Crippen LogP contribution in [0.15, 0.2) is 84.2 Å². The van der Waals surface area contributed by atoms with Crippen LogP contribution in [-0.4, -0.2) is 29.4 Å². The Labute approximate surface area is 264 Å². The number of aromatic nitrogens is 1. The van der Waals surface area contributed by atoms with Crippen molar-refractivity contribution in [1.82, 2.24) is 9.88 Å². The number of thiazole rings is 1. The van der Waals surface area contributed by atoms with E-state index >= 15 is 0 Å². The van der Waals surface area contributed by atoms with Crippen LogP contribution in [0.4, 0.5) is 5.69 Å². The molecule has 0 saturated heterocycles. The van der Waals surface area contributed by atoms with Crippen LogP contribution in [-0.2, 0) is 24.4 Å². The van der Waals surface area contributed by atoms with Gasteiger partial charge in [-0.1, -0.05) is 86.0 Å². The summed E-state index contributed by atoms with van der Waals surface area (Å²) in [5.41, 5.74) is 7.01. The van der Waals surface area contributed by atoms with Gasteiger partial charge in [0.15, 0.2) is 0 Å². The molecule has 1 fully saturated rings. The summed E-state index contributed by atoms with van der Waals surface area (Å²) in [5, 5.41) is 14.3.